The van der Waals surface area contributed by atoms with E-state index in [1.54, 1.807) is 36.4 Å². The third-order valence-corrected chi connectivity index (χ3v) is 4.51. The summed E-state index contributed by atoms with van der Waals surface area (Å²) in [6.45, 7) is 0. The van der Waals surface area contributed by atoms with E-state index in [0.717, 1.165) is 5.56 Å². The normalized spacial score (nSPS) is 10.4. The number of hydrogen-bond donors (Lipinski definition) is 1. The summed E-state index contributed by atoms with van der Waals surface area (Å²) in [6, 6.07) is 19.4. The molecule has 0 fully saturated rings. The zero-order chi connectivity index (χ0) is 18.5. The second-order valence-electron chi connectivity index (χ2n) is 5.53. The predicted molar refractivity (Wildman–Crippen MR) is 107 cm³/mol. The Morgan fingerprint density at radius 2 is 1.65 bits per heavy atom. The lowest BCUT2D eigenvalue weighted by Crippen LogP contribution is -2.15. The number of para-hydroxylation sites is 1. The van der Waals surface area contributed by atoms with Gasteiger partial charge >= 0.3 is 0 Å². The molecule has 0 aliphatic rings. The van der Waals surface area contributed by atoms with Crippen LogP contribution in [0.4, 0.5) is 5.69 Å². The van der Waals surface area contributed by atoms with Crippen molar-refractivity contribution < 1.29 is 9.53 Å². The van der Waals surface area contributed by atoms with Crippen molar-refractivity contribution in [3.63, 3.8) is 0 Å². The van der Waals surface area contributed by atoms with Gasteiger partial charge in [-0.05, 0) is 48.0 Å². The minimum absolute atomic E-state index is 0.147. The largest absolute Gasteiger partial charge is 0.455 e. The summed E-state index contributed by atoms with van der Waals surface area (Å²) >= 11 is 18.0. The second kappa shape index (κ2) is 8.45. The predicted octanol–water partition coefficient (Wildman–Crippen LogP) is 6.62. The van der Waals surface area contributed by atoms with E-state index in [2.05, 4.69) is 5.32 Å². The van der Waals surface area contributed by atoms with Gasteiger partial charge in [0, 0.05) is 5.02 Å². The van der Waals surface area contributed by atoms with Gasteiger partial charge in [0.05, 0.1) is 22.2 Å². The fraction of sp³-hybridized carbons (Fsp3) is 0.0500. The van der Waals surface area contributed by atoms with Gasteiger partial charge in [-0.2, -0.15) is 0 Å². The molecule has 0 aliphatic carbocycles. The van der Waals surface area contributed by atoms with E-state index in [1.807, 2.05) is 30.3 Å². The summed E-state index contributed by atoms with van der Waals surface area (Å²) in [5, 5.41) is 4.18. The Bertz CT molecular complexity index is 930. The summed E-state index contributed by atoms with van der Waals surface area (Å²) in [4.78, 5) is 12.4. The number of carbonyl (C=O) groups excluding carboxylic acids is 1. The molecule has 26 heavy (non-hydrogen) atoms. The van der Waals surface area contributed by atoms with Gasteiger partial charge in [0.25, 0.3) is 0 Å². The number of carbonyl (C=O) groups is 1. The zero-order valence-corrected chi connectivity index (χ0v) is 15.8. The first-order chi connectivity index (χ1) is 12.5. The molecule has 0 aromatic heterocycles. The summed E-state index contributed by atoms with van der Waals surface area (Å²) in [7, 11) is 0. The third-order valence-electron chi connectivity index (χ3n) is 3.54. The van der Waals surface area contributed by atoms with Gasteiger partial charge in [-0.25, -0.2) is 0 Å². The quantitative estimate of drug-likeness (QED) is 0.517. The van der Waals surface area contributed by atoms with E-state index in [9.17, 15) is 4.79 Å². The minimum atomic E-state index is -0.219. The van der Waals surface area contributed by atoms with Crippen LogP contribution in [0.5, 0.6) is 11.5 Å². The molecule has 6 heteroatoms. The lowest BCUT2D eigenvalue weighted by Gasteiger charge is -2.13. The molecule has 3 rings (SSSR count). The van der Waals surface area contributed by atoms with E-state index >= 15 is 0 Å². The first-order valence-corrected chi connectivity index (χ1v) is 8.91. The molecule has 0 unspecified atom stereocenters. The number of anilines is 1. The molecule has 0 heterocycles. The molecule has 1 amide bonds. The Hall–Kier alpha value is -2.20. The van der Waals surface area contributed by atoms with Crippen molar-refractivity contribution >= 4 is 46.4 Å². The van der Waals surface area contributed by atoms with Gasteiger partial charge in [-0.15, -0.1) is 0 Å². The molecule has 0 atom stereocenters. The van der Waals surface area contributed by atoms with Crippen molar-refractivity contribution in [2.75, 3.05) is 5.32 Å². The smallest absolute Gasteiger partial charge is 0.228 e. The molecule has 3 aromatic rings. The summed E-state index contributed by atoms with van der Waals surface area (Å²) in [5.74, 6) is 0.946. The summed E-state index contributed by atoms with van der Waals surface area (Å²) < 4.78 is 5.84. The molecule has 132 valence electrons. The Morgan fingerprint density at radius 3 is 2.38 bits per heavy atom. The molecule has 3 aromatic carbocycles. The van der Waals surface area contributed by atoms with Gasteiger partial charge in [0.2, 0.25) is 5.91 Å². The van der Waals surface area contributed by atoms with E-state index in [0.29, 0.717) is 32.3 Å². The lowest BCUT2D eigenvalue weighted by molar-refractivity contribution is -0.115. The molecule has 0 saturated heterocycles. The maximum Gasteiger partial charge on any atom is 0.228 e. The number of rotatable bonds is 5. The Kier molecular flexibility index (Phi) is 6.04. The highest BCUT2D eigenvalue weighted by Gasteiger charge is 2.11. The van der Waals surface area contributed by atoms with Gasteiger partial charge in [0.1, 0.15) is 5.75 Å². The maximum absolute atomic E-state index is 12.4. The van der Waals surface area contributed by atoms with Crippen LogP contribution in [0.2, 0.25) is 15.1 Å². The van der Waals surface area contributed by atoms with Crippen molar-refractivity contribution in [3.8, 4) is 11.5 Å². The van der Waals surface area contributed by atoms with Crippen molar-refractivity contribution in [2.24, 2.45) is 0 Å². The topological polar surface area (TPSA) is 38.3 Å². The monoisotopic (exact) mass is 405 g/mol. The van der Waals surface area contributed by atoms with Crippen molar-refractivity contribution in [2.45, 2.75) is 6.42 Å². The van der Waals surface area contributed by atoms with Crippen LogP contribution in [0.1, 0.15) is 5.56 Å². The number of ether oxygens (including phenoxy) is 1. The number of halogens is 3. The summed E-state index contributed by atoms with van der Waals surface area (Å²) in [5.41, 5.74) is 1.25. The van der Waals surface area contributed by atoms with Gasteiger partial charge in [-0.3, -0.25) is 4.79 Å². The minimum Gasteiger partial charge on any atom is -0.455 e. The molecule has 0 spiro atoms. The number of benzene rings is 3. The van der Waals surface area contributed by atoms with Gasteiger partial charge in [-0.1, -0.05) is 59.1 Å². The number of nitrogens with one attached hydrogen (secondary N) is 1. The lowest BCUT2D eigenvalue weighted by atomic mass is 10.1. The average molecular weight is 407 g/mol. The van der Waals surface area contributed by atoms with Crippen LogP contribution >= 0.6 is 34.8 Å². The summed E-state index contributed by atoms with van der Waals surface area (Å²) in [6.07, 6.45) is 0.147. The SMILES string of the molecule is O=C(Cc1ccc(Cl)c(Cl)c1)Nc1cc(Cl)ccc1Oc1ccccc1. The highest BCUT2D eigenvalue weighted by molar-refractivity contribution is 6.42. The van der Waals surface area contributed by atoms with Crippen LogP contribution in [0.3, 0.4) is 0 Å². The Balaban J connectivity index is 1.76. The standard InChI is InChI=1S/C20H14Cl3NO2/c21-14-7-9-19(26-15-4-2-1-3-5-15)18(12-14)24-20(25)11-13-6-8-16(22)17(23)10-13/h1-10,12H,11H2,(H,24,25). The van der Waals surface area contributed by atoms with Crippen LogP contribution < -0.4 is 10.1 Å². The van der Waals surface area contributed by atoms with Gasteiger partial charge in [0.15, 0.2) is 5.75 Å². The highest BCUT2D eigenvalue weighted by Crippen LogP contribution is 2.32. The van der Waals surface area contributed by atoms with E-state index < -0.39 is 0 Å². The molecule has 0 radical (unpaired) electrons. The zero-order valence-electron chi connectivity index (χ0n) is 13.5. The van der Waals surface area contributed by atoms with Crippen LogP contribution in [-0.4, -0.2) is 5.91 Å². The molecule has 1 N–H and O–H groups in total. The van der Waals surface area contributed by atoms with Gasteiger partial charge < -0.3 is 10.1 Å². The maximum atomic E-state index is 12.4. The van der Waals surface area contributed by atoms with Crippen LogP contribution in [0.15, 0.2) is 66.7 Å². The first-order valence-electron chi connectivity index (χ1n) is 7.77. The molecule has 3 nitrogen and oxygen atoms in total. The molecule has 0 bridgehead atoms. The van der Waals surface area contributed by atoms with Crippen LogP contribution in [0, 0.1) is 0 Å². The third kappa shape index (κ3) is 4.92. The van der Waals surface area contributed by atoms with E-state index in [1.165, 1.54) is 0 Å². The highest BCUT2D eigenvalue weighted by atomic mass is 35.5. The fourth-order valence-electron chi connectivity index (χ4n) is 2.33. The van der Waals surface area contributed by atoms with Crippen molar-refractivity contribution in [1.29, 1.82) is 0 Å². The molecular weight excluding hydrogens is 393 g/mol. The number of hydrogen-bond acceptors (Lipinski definition) is 2. The first kappa shape index (κ1) is 18.6. The molecular formula is C20H14Cl3NO2. The van der Waals surface area contributed by atoms with E-state index in [4.69, 9.17) is 39.5 Å². The van der Waals surface area contributed by atoms with Crippen LogP contribution in [0.25, 0.3) is 0 Å². The Morgan fingerprint density at radius 1 is 0.885 bits per heavy atom. The van der Waals surface area contributed by atoms with Crippen molar-refractivity contribution in [1.82, 2.24) is 0 Å². The molecule has 0 aliphatic heterocycles. The molecule has 0 saturated carbocycles. The van der Waals surface area contributed by atoms with Crippen molar-refractivity contribution in [3.05, 3.63) is 87.4 Å². The Labute approximate surface area is 166 Å². The fourth-order valence-corrected chi connectivity index (χ4v) is 2.83. The van der Waals surface area contributed by atoms with E-state index in [-0.39, 0.29) is 12.3 Å². The van der Waals surface area contributed by atoms with Crippen LogP contribution in [-0.2, 0) is 11.2 Å². The second-order valence-corrected chi connectivity index (χ2v) is 6.78. The number of amides is 1. The average Bonchev–Trinajstić information content (AvgIpc) is 2.61.